The number of nitrogens with zero attached hydrogens (tertiary/aromatic N) is 1. The van der Waals surface area contributed by atoms with Crippen molar-refractivity contribution in [2.24, 2.45) is 4.99 Å². The van der Waals surface area contributed by atoms with Crippen molar-refractivity contribution in [2.75, 3.05) is 60.8 Å². The molecule has 7 nitrogen and oxygen atoms in total. The summed E-state index contributed by atoms with van der Waals surface area (Å²) in [6, 6.07) is 6.31. The van der Waals surface area contributed by atoms with E-state index in [2.05, 4.69) is 29.7 Å². The van der Waals surface area contributed by atoms with Crippen LogP contribution in [0.3, 0.4) is 0 Å². The topological polar surface area (TPSA) is 73.3 Å². The van der Waals surface area contributed by atoms with Crippen LogP contribution in [0, 0.1) is 0 Å². The number of hydrogen-bond acceptors (Lipinski definition) is 5. The zero-order chi connectivity index (χ0) is 21.7. The Morgan fingerprint density at radius 2 is 1.71 bits per heavy atom. The molecule has 1 saturated carbocycles. The normalized spacial score (nSPS) is 15.7. The number of methoxy groups -OCH3 is 3. The lowest BCUT2D eigenvalue weighted by molar-refractivity contribution is 0.0733. The van der Waals surface area contributed by atoms with E-state index in [9.17, 15) is 0 Å². The van der Waals surface area contributed by atoms with Gasteiger partial charge >= 0.3 is 0 Å². The third-order valence-corrected chi connectivity index (χ3v) is 5.66. The highest BCUT2D eigenvalue weighted by molar-refractivity contribution is 14.0. The van der Waals surface area contributed by atoms with Crippen LogP contribution in [0.25, 0.3) is 0 Å². The highest BCUT2D eigenvalue weighted by Gasteiger charge is 2.34. The van der Waals surface area contributed by atoms with Gasteiger partial charge in [0.15, 0.2) is 17.5 Å². The number of guanidine groups is 1. The van der Waals surface area contributed by atoms with E-state index in [1.807, 2.05) is 6.07 Å². The van der Waals surface area contributed by atoms with E-state index in [-0.39, 0.29) is 29.4 Å². The summed E-state index contributed by atoms with van der Waals surface area (Å²) < 4.78 is 21.5. The van der Waals surface area contributed by atoms with Gasteiger partial charge in [-0.3, -0.25) is 4.99 Å². The van der Waals surface area contributed by atoms with Crippen LogP contribution in [-0.2, 0) is 14.9 Å². The molecule has 2 rings (SSSR count). The molecule has 8 heteroatoms. The minimum atomic E-state index is 0. The predicted molar refractivity (Wildman–Crippen MR) is 136 cm³/mol. The second-order valence-electron chi connectivity index (χ2n) is 7.64. The summed E-state index contributed by atoms with van der Waals surface area (Å²) in [5, 5.41) is 6.72. The fourth-order valence-corrected chi connectivity index (χ4v) is 3.99. The van der Waals surface area contributed by atoms with Crippen LogP contribution in [0.5, 0.6) is 11.5 Å². The van der Waals surface area contributed by atoms with Gasteiger partial charge in [0.25, 0.3) is 0 Å². The first-order valence-corrected chi connectivity index (χ1v) is 11.0. The molecule has 1 fully saturated rings. The molecule has 1 aromatic rings. The number of ether oxygens (including phenoxy) is 4. The molecule has 0 bridgehead atoms. The molecule has 0 heterocycles. The van der Waals surface area contributed by atoms with Gasteiger partial charge in [-0.2, -0.15) is 0 Å². The van der Waals surface area contributed by atoms with Crippen molar-refractivity contribution in [3.05, 3.63) is 23.8 Å². The van der Waals surface area contributed by atoms with E-state index in [1.54, 1.807) is 21.3 Å². The Hall–Kier alpha value is -1.26. The average Bonchev–Trinajstić information content (AvgIpc) is 2.79. The predicted octanol–water partition coefficient (Wildman–Crippen LogP) is 3.74. The summed E-state index contributed by atoms with van der Waals surface area (Å²) in [5.74, 6) is 2.37. The van der Waals surface area contributed by atoms with Crippen molar-refractivity contribution in [3.63, 3.8) is 0 Å². The third kappa shape index (κ3) is 8.65. The fraction of sp³-hybridized carbons (Fsp3) is 0.696. The average molecular weight is 549 g/mol. The summed E-state index contributed by atoms with van der Waals surface area (Å²) in [6.45, 7) is 6.18. The molecular weight excluding hydrogens is 509 g/mol. The van der Waals surface area contributed by atoms with Crippen molar-refractivity contribution in [1.29, 1.82) is 0 Å². The van der Waals surface area contributed by atoms with Crippen molar-refractivity contribution in [3.8, 4) is 11.5 Å². The fourth-order valence-electron chi connectivity index (χ4n) is 3.99. The molecule has 0 unspecified atom stereocenters. The van der Waals surface area contributed by atoms with Crippen LogP contribution in [0.4, 0.5) is 0 Å². The molecule has 2 N–H and O–H groups in total. The second-order valence-corrected chi connectivity index (χ2v) is 7.64. The standard InChI is InChI=1S/C23H39N3O4.HI/c1-5-24-22(25-13-14-30-16-15-27-2)26-18-23(11-7-6-8-12-23)19-9-10-20(28-3)21(17-19)29-4;/h9-10,17H,5-8,11-16,18H2,1-4H3,(H2,24,25,26);1H. The smallest absolute Gasteiger partial charge is 0.191 e. The van der Waals surface area contributed by atoms with Gasteiger partial charge in [0.2, 0.25) is 0 Å². The molecular formula is C23H40IN3O4. The summed E-state index contributed by atoms with van der Waals surface area (Å²) in [6.07, 6.45) is 6.00. The first kappa shape index (κ1) is 27.8. The second kappa shape index (κ2) is 15.5. The van der Waals surface area contributed by atoms with Gasteiger partial charge in [0.1, 0.15) is 0 Å². The lowest BCUT2D eigenvalue weighted by atomic mass is 9.69. The van der Waals surface area contributed by atoms with Crippen LogP contribution in [-0.4, -0.2) is 66.7 Å². The SMILES string of the molecule is CCNC(=NCC1(c2ccc(OC)c(OC)c2)CCCCC1)NCCOCCOC.I. The summed E-state index contributed by atoms with van der Waals surface area (Å²) >= 11 is 0. The highest BCUT2D eigenvalue weighted by atomic mass is 127. The zero-order valence-corrected chi connectivity index (χ0v) is 21.8. The summed E-state index contributed by atoms with van der Waals surface area (Å²) in [7, 11) is 5.04. The monoisotopic (exact) mass is 549 g/mol. The third-order valence-electron chi connectivity index (χ3n) is 5.66. The first-order valence-electron chi connectivity index (χ1n) is 11.0. The number of rotatable bonds is 12. The Labute approximate surface area is 204 Å². The first-order chi connectivity index (χ1) is 14.7. The Morgan fingerprint density at radius 1 is 0.968 bits per heavy atom. The molecule has 178 valence electrons. The molecule has 0 spiro atoms. The quantitative estimate of drug-likeness (QED) is 0.179. The van der Waals surface area contributed by atoms with Crippen molar-refractivity contribution >= 4 is 29.9 Å². The van der Waals surface area contributed by atoms with Gasteiger partial charge in [-0.1, -0.05) is 25.3 Å². The minimum absolute atomic E-state index is 0. The van der Waals surface area contributed by atoms with Crippen LogP contribution >= 0.6 is 24.0 Å². The molecule has 0 saturated heterocycles. The Kier molecular flexibility index (Phi) is 13.9. The molecule has 0 radical (unpaired) electrons. The zero-order valence-electron chi connectivity index (χ0n) is 19.5. The van der Waals surface area contributed by atoms with Gasteiger partial charge in [-0.05, 0) is 37.5 Å². The molecule has 0 aromatic heterocycles. The van der Waals surface area contributed by atoms with E-state index in [4.69, 9.17) is 23.9 Å². The lowest BCUT2D eigenvalue weighted by Gasteiger charge is -2.37. The van der Waals surface area contributed by atoms with Crippen LogP contribution in [0.2, 0.25) is 0 Å². The van der Waals surface area contributed by atoms with E-state index < -0.39 is 0 Å². The molecule has 1 aliphatic rings. The number of halogens is 1. The Bertz CT molecular complexity index is 652. The number of aliphatic imine (C=N–C) groups is 1. The molecule has 0 amide bonds. The van der Waals surface area contributed by atoms with Crippen LogP contribution in [0.15, 0.2) is 23.2 Å². The number of hydrogen-bond donors (Lipinski definition) is 2. The van der Waals surface area contributed by atoms with Gasteiger partial charge in [-0.15, -0.1) is 24.0 Å². The van der Waals surface area contributed by atoms with E-state index in [1.165, 1.54) is 24.8 Å². The molecule has 0 aliphatic heterocycles. The van der Waals surface area contributed by atoms with Gasteiger partial charge < -0.3 is 29.6 Å². The maximum Gasteiger partial charge on any atom is 0.191 e. The van der Waals surface area contributed by atoms with Gasteiger partial charge in [0.05, 0.1) is 40.6 Å². The molecule has 0 atom stereocenters. The highest BCUT2D eigenvalue weighted by Crippen LogP contribution is 2.42. The number of benzene rings is 1. The maximum absolute atomic E-state index is 5.56. The molecule has 1 aromatic carbocycles. The van der Waals surface area contributed by atoms with Gasteiger partial charge in [-0.25, -0.2) is 0 Å². The van der Waals surface area contributed by atoms with E-state index in [0.29, 0.717) is 26.4 Å². The van der Waals surface area contributed by atoms with Crippen molar-refractivity contribution < 1.29 is 18.9 Å². The van der Waals surface area contributed by atoms with Crippen molar-refractivity contribution in [2.45, 2.75) is 44.4 Å². The number of nitrogens with one attached hydrogen (secondary N) is 2. The van der Waals surface area contributed by atoms with Gasteiger partial charge in [0, 0.05) is 25.6 Å². The summed E-state index contributed by atoms with van der Waals surface area (Å²) in [4.78, 5) is 4.96. The summed E-state index contributed by atoms with van der Waals surface area (Å²) in [5.41, 5.74) is 1.30. The largest absolute Gasteiger partial charge is 0.493 e. The Balaban J connectivity index is 0.00000480. The minimum Gasteiger partial charge on any atom is -0.493 e. The lowest BCUT2D eigenvalue weighted by Crippen LogP contribution is -2.41. The molecule has 31 heavy (non-hydrogen) atoms. The molecule has 1 aliphatic carbocycles. The van der Waals surface area contributed by atoms with E-state index >= 15 is 0 Å². The van der Waals surface area contributed by atoms with Crippen LogP contribution in [0.1, 0.15) is 44.6 Å². The van der Waals surface area contributed by atoms with E-state index in [0.717, 1.165) is 43.4 Å². The van der Waals surface area contributed by atoms with Crippen LogP contribution < -0.4 is 20.1 Å². The van der Waals surface area contributed by atoms with Crippen molar-refractivity contribution in [1.82, 2.24) is 10.6 Å². The Morgan fingerprint density at radius 3 is 2.35 bits per heavy atom. The maximum atomic E-state index is 5.56.